The van der Waals surface area contributed by atoms with Crippen LogP contribution >= 0.6 is 0 Å². The maximum Gasteiger partial charge on any atom is 0.241 e. The van der Waals surface area contributed by atoms with E-state index in [1.807, 2.05) is 54.6 Å². The number of nitrogens with zero attached hydrogens (tertiary/aromatic N) is 3. The summed E-state index contributed by atoms with van der Waals surface area (Å²) in [6.45, 7) is 0.414. The van der Waals surface area contributed by atoms with Crippen molar-refractivity contribution in [3.63, 3.8) is 0 Å². The number of benzene rings is 2. The lowest BCUT2D eigenvalue weighted by atomic mass is 10.0. The maximum atomic E-state index is 12.6. The fourth-order valence-corrected chi connectivity index (χ4v) is 3.19. The van der Waals surface area contributed by atoms with Crippen LogP contribution in [0.1, 0.15) is 17.5 Å². The van der Waals surface area contributed by atoms with Gasteiger partial charge in [-0.1, -0.05) is 53.7 Å². The van der Waals surface area contributed by atoms with Gasteiger partial charge < -0.3 is 10.3 Å². The first-order valence-corrected chi connectivity index (χ1v) is 9.64. The quantitative estimate of drug-likeness (QED) is 0.489. The monoisotopic (exact) mass is 399 g/mol. The normalized spacial score (nSPS) is 10.7. The number of hydrogen-bond acceptors (Lipinski definition) is 6. The number of carbonyl (C=O) groups excluding carboxylic acids is 1. The molecule has 0 unspecified atom stereocenters. The molecule has 0 aliphatic heterocycles. The third-order valence-corrected chi connectivity index (χ3v) is 4.70. The Morgan fingerprint density at radius 3 is 2.63 bits per heavy atom. The van der Waals surface area contributed by atoms with Crippen LogP contribution in [0.4, 0.5) is 5.88 Å². The van der Waals surface area contributed by atoms with E-state index in [1.54, 1.807) is 12.3 Å². The molecule has 0 spiro atoms. The SMILES string of the molecule is NCc1cccc(-c2noc(NC(=O)CCc3ccccc3)c2-c2ccncn2)c1. The van der Waals surface area contributed by atoms with E-state index in [-0.39, 0.29) is 11.8 Å². The fraction of sp³-hybridized carbons (Fsp3) is 0.130. The Kier molecular flexibility index (Phi) is 5.91. The van der Waals surface area contributed by atoms with Gasteiger partial charge in [0, 0.05) is 24.7 Å². The van der Waals surface area contributed by atoms with Crippen LogP contribution in [-0.4, -0.2) is 21.0 Å². The summed E-state index contributed by atoms with van der Waals surface area (Å²) >= 11 is 0. The summed E-state index contributed by atoms with van der Waals surface area (Å²) in [6, 6.07) is 19.3. The molecule has 0 saturated carbocycles. The Bertz CT molecular complexity index is 1130. The van der Waals surface area contributed by atoms with Gasteiger partial charge in [-0.2, -0.15) is 0 Å². The number of carbonyl (C=O) groups is 1. The van der Waals surface area contributed by atoms with E-state index in [9.17, 15) is 4.79 Å². The second kappa shape index (κ2) is 9.11. The van der Waals surface area contributed by atoms with Gasteiger partial charge in [-0.25, -0.2) is 9.97 Å². The number of nitrogens with two attached hydrogens (primary N) is 1. The van der Waals surface area contributed by atoms with E-state index in [0.717, 1.165) is 16.7 Å². The predicted molar refractivity (Wildman–Crippen MR) is 114 cm³/mol. The molecule has 4 rings (SSSR count). The first-order chi connectivity index (χ1) is 14.7. The molecule has 3 N–H and O–H groups in total. The molecule has 4 aromatic rings. The van der Waals surface area contributed by atoms with Crippen molar-refractivity contribution < 1.29 is 9.32 Å². The number of hydrogen-bond donors (Lipinski definition) is 2. The lowest BCUT2D eigenvalue weighted by molar-refractivity contribution is -0.116. The molecule has 2 aromatic heterocycles. The van der Waals surface area contributed by atoms with Gasteiger partial charge in [0.05, 0.1) is 11.3 Å². The molecular weight excluding hydrogens is 378 g/mol. The Morgan fingerprint density at radius 2 is 1.87 bits per heavy atom. The average Bonchev–Trinajstić information content (AvgIpc) is 3.22. The fourth-order valence-electron chi connectivity index (χ4n) is 3.19. The Labute approximate surface area is 174 Å². The summed E-state index contributed by atoms with van der Waals surface area (Å²) in [5, 5.41) is 7.06. The highest BCUT2D eigenvalue weighted by molar-refractivity contribution is 5.96. The number of nitrogens with one attached hydrogen (secondary N) is 1. The minimum absolute atomic E-state index is 0.160. The van der Waals surface area contributed by atoms with E-state index in [4.69, 9.17) is 10.3 Å². The molecule has 0 radical (unpaired) electrons. The van der Waals surface area contributed by atoms with Crippen molar-refractivity contribution in [1.82, 2.24) is 15.1 Å². The lowest BCUT2D eigenvalue weighted by Gasteiger charge is -2.06. The standard InChI is InChI=1S/C23H21N5O2/c24-14-17-7-4-8-18(13-17)22-21(19-11-12-25-15-26-19)23(30-28-22)27-20(29)10-9-16-5-2-1-3-6-16/h1-8,11-13,15H,9-10,14,24H2,(H,27,29). The zero-order valence-electron chi connectivity index (χ0n) is 16.3. The van der Waals surface area contributed by atoms with E-state index in [0.29, 0.717) is 36.3 Å². The topological polar surface area (TPSA) is 107 Å². The van der Waals surface area contributed by atoms with Crippen LogP contribution in [0.2, 0.25) is 0 Å². The van der Waals surface area contributed by atoms with Crippen LogP contribution < -0.4 is 11.1 Å². The number of aryl methyl sites for hydroxylation is 1. The summed E-state index contributed by atoms with van der Waals surface area (Å²) < 4.78 is 5.53. The molecule has 7 nitrogen and oxygen atoms in total. The third kappa shape index (κ3) is 4.42. The summed E-state index contributed by atoms with van der Waals surface area (Å²) in [7, 11) is 0. The largest absolute Gasteiger partial charge is 0.337 e. The molecule has 1 amide bonds. The zero-order valence-corrected chi connectivity index (χ0v) is 16.3. The van der Waals surface area contributed by atoms with Crippen molar-refractivity contribution in [3.8, 4) is 22.5 Å². The van der Waals surface area contributed by atoms with Gasteiger partial charge in [0.1, 0.15) is 12.0 Å². The average molecular weight is 399 g/mol. The Morgan fingerprint density at radius 1 is 1.03 bits per heavy atom. The van der Waals surface area contributed by atoms with Gasteiger partial charge >= 0.3 is 0 Å². The first kappa shape index (κ1) is 19.5. The van der Waals surface area contributed by atoms with Crippen LogP contribution in [0.3, 0.4) is 0 Å². The Hall–Kier alpha value is -3.84. The molecule has 7 heteroatoms. The first-order valence-electron chi connectivity index (χ1n) is 9.64. The summed E-state index contributed by atoms with van der Waals surface area (Å²) in [4.78, 5) is 20.9. The summed E-state index contributed by atoms with van der Waals surface area (Å²) in [5.74, 6) is 0.104. The van der Waals surface area contributed by atoms with Crippen molar-refractivity contribution in [2.75, 3.05) is 5.32 Å². The van der Waals surface area contributed by atoms with Gasteiger partial charge in [0.2, 0.25) is 11.8 Å². The minimum Gasteiger partial charge on any atom is -0.337 e. The second-order valence-corrected chi connectivity index (χ2v) is 6.77. The lowest BCUT2D eigenvalue weighted by Crippen LogP contribution is -2.12. The van der Waals surface area contributed by atoms with Crippen molar-refractivity contribution in [1.29, 1.82) is 0 Å². The minimum atomic E-state index is -0.160. The van der Waals surface area contributed by atoms with Crippen LogP contribution in [0, 0.1) is 0 Å². The van der Waals surface area contributed by atoms with Crippen molar-refractivity contribution in [2.24, 2.45) is 5.73 Å². The summed E-state index contributed by atoms with van der Waals surface area (Å²) in [6.07, 6.45) is 4.04. The molecule has 0 aliphatic carbocycles. The predicted octanol–water partition coefficient (Wildman–Crippen LogP) is 3.83. The molecule has 2 heterocycles. The smallest absolute Gasteiger partial charge is 0.241 e. The van der Waals surface area contributed by atoms with Gasteiger partial charge in [-0.3, -0.25) is 10.1 Å². The van der Waals surface area contributed by atoms with E-state index < -0.39 is 0 Å². The molecule has 2 aromatic carbocycles. The summed E-state index contributed by atoms with van der Waals surface area (Å²) in [5.41, 5.74) is 10.5. The van der Waals surface area contributed by atoms with Crippen molar-refractivity contribution in [3.05, 3.63) is 84.3 Å². The van der Waals surface area contributed by atoms with Crippen LogP contribution in [-0.2, 0) is 17.8 Å². The molecule has 0 bridgehead atoms. The van der Waals surface area contributed by atoms with Crippen molar-refractivity contribution >= 4 is 11.8 Å². The third-order valence-electron chi connectivity index (χ3n) is 4.70. The highest BCUT2D eigenvalue weighted by atomic mass is 16.5. The number of rotatable bonds is 7. The molecule has 30 heavy (non-hydrogen) atoms. The van der Waals surface area contributed by atoms with Gasteiger partial charge in [0.25, 0.3) is 0 Å². The molecule has 0 fully saturated rings. The zero-order chi connectivity index (χ0) is 20.8. The molecule has 150 valence electrons. The number of amides is 1. The molecular formula is C23H21N5O2. The van der Waals surface area contributed by atoms with E-state index >= 15 is 0 Å². The number of aromatic nitrogens is 3. The Balaban J connectivity index is 1.63. The highest BCUT2D eigenvalue weighted by Gasteiger charge is 2.22. The highest BCUT2D eigenvalue weighted by Crippen LogP contribution is 2.36. The van der Waals surface area contributed by atoms with Gasteiger partial charge in [-0.15, -0.1) is 0 Å². The van der Waals surface area contributed by atoms with Gasteiger partial charge in [-0.05, 0) is 29.7 Å². The van der Waals surface area contributed by atoms with E-state index in [2.05, 4.69) is 20.4 Å². The van der Waals surface area contributed by atoms with E-state index in [1.165, 1.54) is 6.33 Å². The van der Waals surface area contributed by atoms with Crippen LogP contribution in [0.25, 0.3) is 22.5 Å². The number of anilines is 1. The second-order valence-electron chi connectivity index (χ2n) is 6.77. The van der Waals surface area contributed by atoms with Crippen molar-refractivity contribution in [2.45, 2.75) is 19.4 Å². The molecule has 0 saturated heterocycles. The van der Waals surface area contributed by atoms with Crippen LogP contribution in [0.5, 0.6) is 0 Å². The molecule has 0 aliphatic rings. The molecule has 0 atom stereocenters. The maximum absolute atomic E-state index is 12.6. The van der Waals surface area contributed by atoms with Gasteiger partial charge in [0.15, 0.2) is 0 Å². The van der Waals surface area contributed by atoms with Crippen LogP contribution in [0.15, 0.2) is 77.7 Å².